The number of unbranched alkanes of at least 4 members (excludes halogenated alkanes) is 90. The Labute approximate surface area is 809 Å². The molecule has 3 nitrogen and oxygen atoms in total. The predicted molar refractivity (Wildman–Crippen MR) is 572 cm³/mol. The molecule has 725 valence electrons. The van der Waals surface area contributed by atoms with Gasteiger partial charge in [0.2, 0.25) is 0 Å². The first kappa shape index (κ1) is 128. The molecule has 0 bridgehead atoms. The monoisotopic (exact) mass is 1850 g/mol. The van der Waals surface area contributed by atoms with Crippen LogP contribution in [0, 0.1) is 0 Å². The normalized spacial score (nSPS) is 11.3. The van der Waals surface area contributed by atoms with Gasteiger partial charge >= 0.3 is 17.1 Å². The van der Waals surface area contributed by atoms with Gasteiger partial charge < -0.3 is 89.2 Å². The second-order valence-electron chi connectivity index (χ2n) is 38.6. The average molecular weight is 1850 g/mol. The first-order valence-electron chi connectivity index (χ1n) is 56.0. The Kier molecular flexibility index (Phi) is 126. The fraction of sp³-hybridized carbons (Fsp3) is 0.973. The van der Waals surface area contributed by atoms with Crippen LogP contribution in [0.4, 0.5) is 0 Å². The van der Waals surface area contributed by atoms with Gasteiger partial charge in [-0.2, -0.15) is 0 Å². The molecule has 0 atom stereocenters. The summed E-state index contributed by atoms with van der Waals surface area (Å²) in [6.45, 7) is 20.3. The third-order valence-electron chi connectivity index (χ3n) is 26.5. The molecule has 0 saturated heterocycles. The molecule has 0 aromatic carbocycles. The zero-order chi connectivity index (χ0) is 87.6. The first-order chi connectivity index (χ1) is 59.2. The summed E-state index contributed by atoms with van der Waals surface area (Å²) >= 11 is 32.3. The van der Waals surface area contributed by atoms with Gasteiger partial charge in [0.25, 0.3) is 0 Å². The molecule has 0 unspecified atom stereocenters. The van der Waals surface area contributed by atoms with Crippen molar-refractivity contribution in [2.24, 2.45) is 0 Å². The topological polar surface area (TPSA) is 9.72 Å². The van der Waals surface area contributed by atoms with E-state index in [4.69, 9.17) is 74.5 Å². The van der Waals surface area contributed by atoms with E-state index < -0.39 is 0 Å². The molecule has 0 N–H and O–H groups in total. The third kappa shape index (κ3) is 117. The van der Waals surface area contributed by atoms with Crippen LogP contribution in [0.2, 0.25) is 0 Å². The maximum Gasteiger partial charge on any atom is 3.00 e. The smallest absolute Gasteiger partial charge is 0.411 e. The summed E-state index contributed by atoms with van der Waals surface area (Å²) in [4.78, 5) is 6.91. The molecule has 121 heavy (non-hydrogen) atoms. The molecular weight excluding hydrogens is 1620 g/mol. The quantitative estimate of drug-likeness (QED) is 0.0253. The second-order valence-corrected chi connectivity index (χ2v) is 41.7. The van der Waals surface area contributed by atoms with Crippen LogP contribution in [0.25, 0.3) is 0 Å². The van der Waals surface area contributed by atoms with Gasteiger partial charge in [-0.15, -0.1) is 0 Å². The molecule has 0 aliphatic rings. The van der Waals surface area contributed by atoms with Crippen molar-refractivity contribution < 1.29 is 17.1 Å². The summed E-state index contributed by atoms with van der Waals surface area (Å²) in [5.74, 6) is 0. The zero-order valence-corrected chi connectivity index (χ0v) is 89.8. The van der Waals surface area contributed by atoms with E-state index in [1.165, 1.54) is 616 Å². The number of hydrogen-bond donors (Lipinski definition) is 0. The van der Waals surface area contributed by atoms with Gasteiger partial charge in [0.1, 0.15) is 0 Å². The standard InChI is InChI=1S/3C37H75NS2.Fe/c3*1-3-5-7-9-11-13-15-17-19-21-23-25-27-29-31-33-35-38(37(39)40)36-34-32-30-28-26-24-22-20-18-16-14-12-10-8-6-4-2;/h3*3-36H2,1-2H3,(H,39,40);/q;;;+3/p-3. The molecule has 0 fully saturated rings. The summed E-state index contributed by atoms with van der Waals surface area (Å²) in [7, 11) is 0. The van der Waals surface area contributed by atoms with Crippen molar-refractivity contribution >= 4 is 87.5 Å². The average Bonchev–Trinajstić information content (AvgIpc) is 0.978. The van der Waals surface area contributed by atoms with Crippen LogP contribution in [-0.2, 0) is 55.0 Å². The molecule has 0 amide bonds. The Morgan fingerprint density at radius 1 is 0.124 bits per heavy atom. The van der Waals surface area contributed by atoms with Crippen LogP contribution >= 0.6 is 36.7 Å². The fourth-order valence-electron chi connectivity index (χ4n) is 18.0. The number of hydrogen-bond acceptors (Lipinski definition) is 6. The van der Waals surface area contributed by atoms with Gasteiger partial charge in [0.05, 0.1) is 0 Å². The maximum absolute atomic E-state index is 5.38. The van der Waals surface area contributed by atoms with Gasteiger partial charge in [0.15, 0.2) is 0 Å². The van der Waals surface area contributed by atoms with E-state index in [1.54, 1.807) is 0 Å². The SMILES string of the molecule is CCCCCCCCCCCCCCCCCCN(CCCCCCCCCCCCCCCCCC)C(=S)[S-].CCCCCCCCCCCCCCCCCCN(CCCCCCCCCCCCCCCCCC)C(=S)[S-].CCCCCCCCCCCCCCCCCCN(CCCCCCCCCCCCCCCCCC)C(=S)[S-].[Fe+3]. The van der Waals surface area contributed by atoms with E-state index in [1.807, 2.05) is 0 Å². The molecule has 0 aromatic heterocycles. The molecule has 0 aliphatic carbocycles. The van der Waals surface area contributed by atoms with E-state index >= 15 is 0 Å². The summed E-state index contributed by atoms with van der Waals surface area (Å²) in [5, 5.41) is 0. The minimum Gasteiger partial charge on any atom is -0.411 e. The van der Waals surface area contributed by atoms with Crippen LogP contribution < -0.4 is 0 Å². The minimum absolute atomic E-state index is 0. The van der Waals surface area contributed by atoms with Crippen molar-refractivity contribution in [1.29, 1.82) is 0 Å². The van der Waals surface area contributed by atoms with E-state index in [9.17, 15) is 0 Å². The fourth-order valence-corrected chi connectivity index (χ4v) is 19.1. The van der Waals surface area contributed by atoms with Gasteiger partial charge in [-0.25, -0.2) is 0 Å². The van der Waals surface area contributed by atoms with Crippen molar-refractivity contribution in [2.45, 2.75) is 658 Å². The van der Waals surface area contributed by atoms with E-state index in [2.05, 4.69) is 56.2 Å². The number of nitrogens with zero attached hydrogens (tertiary/aromatic N) is 3. The summed E-state index contributed by atoms with van der Waals surface area (Å²) in [6.07, 6.45) is 136. The summed E-state index contributed by atoms with van der Waals surface area (Å²) < 4.78 is 2.09. The minimum atomic E-state index is 0. The van der Waals surface area contributed by atoms with Crippen molar-refractivity contribution in [3.8, 4) is 0 Å². The third-order valence-corrected chi connectivity index (χ3v) is 28.0. The predicted octanol–water partition coefficient (Wildman–Crippen LogP) is 40.9. The molecule has 1 radical (unpaired) electrons. The molecule has 0 rings (SSSR count). The Hall–Kier alpha value is 0.849. The van der Waals surface area contributed by atoms with Crippen LogP contribution in [0.15, 0.2) is 0 Å². The van der Waals surface area contributed by atoms with Gasteiger partial charge in [-0.3, -0.25) is 0 Å². The van der Waals surface area contributed by atoms with Crippen LogP contribution in [-0.4, -0.2) is 66.9 Å². The van der Waals surface area contributed by atoms with Gasteiger partial charge in [0, 0.05) is 39.3 Å². The largest absolute Gasteiger partial charge is 3.00 e. The van der Waals surface area contributed by atoms with E-state index in [0.717, 1.165) is 39.3 Å². The van der Waals surface area contributed by atoms with E-state index in [0.29, 0.717) is 13.0 Å². The van der Waals surface area contributed by atoms with Crippen LogP contribution in [0.3, 0.4) is 0 Å². The zero-order valence-electron chi connectivity index (χ0n) is 83.8. The Balaban J connectivity index is -0.000000845. The van der Waals surface area contributed by atoms with Crippen LogP contribution in [0.5, 0.6) is 0 Å². The maximum atomic E-state index is 5.38. The second kappa shape index (κ2) is 119. The van der Waals surface area contributed by atoms with Crippen molar-refractivity contribution in [3.63, 3.8) is 0 Å². The summed E-state index contributed by atoms with van der Waals surface area (Å²) in [5.41, 5.74) is 0. The van der Waals surface area contributed by atoms with Gasteiger partial charge in [-0.05, 0) is 38.5 Å². The van der Waals surface area contributed by atoms with Crippen LogP contribution in [0.1, 0.15) is 658 Å². The molecule has 0 saturated carbocycles. The molecule has 0 aromatic rings. The molecule has 0 aliphatic heterocycles. The van der Waals surface area contributed by atoms with Crippen molar-refractivity contribution in [2.75, 3.05) is 39.3 Å². The Morgan fingerprint density at radius 3 is 0.240 bits per heavy atom. The summed E-state index contributed by atoms with van der Waals surface area (Å²) in [6, 6.07) is 0. The number of thiocarbonyl (C=S) groups is 3. The Morgan fingerprint density at radius 2 is 0.182 bits per heavy atom. The number of rotatable bonds is 102. The van der Waals surface area contributed by atoms with E-state index in [-0.39, 0.29) is 17.1 Å². The van der Waals surface area contributed by atoms with Crippen molar-refractivity contribution in [1.82, 2.24) is 14.7 Å². The van der Waals surface area contributed by atoms with Crippen molar-refractivity contribution in [3.05, 3.63) is 0 Å². The molecule has 0 heterocycles. The first-order valence-corrected chi connectivity index (χ1v) is 58.5. The molecule has 10 heteroatoms. The molecule has 0 spiro atoms. The Bertz CT molecular complexity index is 1550. The molecular formula is C111H222FeN3S6. The van der Waals surface area contributed by atoms with Gasteiger partial charge in [-0.1, -0.05) is 632 Å².